The largest absolute Gasteiger partial charge is 0.309 e. The van der Waals surface area contributed by atoms with Crippen LogP contribution in [0.25, 0.3) is 0 Å². The standard InChI is InChI=1S/C12H15N3O/c1-4-12(3,8-13)11(16)15-10-6-5-9(2)7-14-10/h5-7H,4H2,1-3H3,(H,14,15,16). The number of anilines is 1. The van der Waals surface area contributed by atoms with Crippen LogP contribution in [-0.4, -0.2) is 10.9 Å². The first-order chi connectivity index (χ1) is 7.51. The smallest absolute Gasteiger partial charge is 0.245 e. The maximum absolute atomic E-state index is 11.8. The molecule has 0 spiro atoms. The van der Waals surface area contributed by atoms with E-state index in [2.05, 4.69) is 10.3 Å². The molecule has 4 heteroatoms. The molecule has 1 atom stereocenters. The lowest BCUT2D eigenvalue weighted by atomic mass is 9.88. The Morgan fingerprint density at radius 3 is 2.75 bits per heavy atom. The van der Waals surface area contributed by atoms with Gasteiger partial charge in [-0.25, -0.2) is 4.98 Å². The van der Waals surface area contributed by atoms with E-state index in [-0.39, 0.29) is 5.91 Å². The maximum atomic E-state index is 11.8. The lowest BCUT2D eigenvalue weighted by Gasteiger charge is -2.17. The summed E-state index contributed by atoms with van der Waals surface area (Å²) in [6.45, 7) is 5.35. The number of nitrogens with zero attached hydrogens (tertiary/aromatic N) is 2. The highest BCUT2D eigenvalue weighted by atomic mass is 16.2. The zero-order chi connectivity index (χ0) is 12.2. The van der Waals surface area contributed by atoms with E-state index in [1.165, 1.54) is 0 Å². The molecule has 0 saturated heterocycles. The van der Waals surface area contributed by atoms with Crippen molar-refractivity contribution in [2.45, 2.75) is 27.2 Å². The summed E-state index contributed by atoms with van der Waals surface area (Å²) in [5.74, 6) is 0.166. The minimum absolute atomic E-state index is 0.311. The molecule has 0 saturated carbocycles. The van der Waals surface area contributed by atoms with Crippen molar-refractivity contribution in [3.63, 3.8) is 0 Å². The predicted octanol–water partition coefficient (Wildman–Crippen LogP) is 2.27. The topological polar surface area (TPSA) is 65.8 Å². The fourth-order valence-electron chi connectivity index (χ4n) is 1.09. The zero-order valence-corrected chi connectivity index (χ0v) is 9.74. The summed E-state index contributed by atoms with van der Waals surface area (Å²) in [6, 6.07) is 5.60. The summed E-state index contributed by atoms with van der Waals surface area (Å²) >= 11 is 0. The number of carbonyl (C=O) groups excluding carboxylic acids is 1. The average molecular weight is 217 g/mol. The number of nitrogens with one attached hydrogen (secondary N) is 1. The first-order valence-corrected chi connectivity index (χ1v) is 5.17. The number of nitriles is 1. The van der Waals surface area contributed by atoms with Gasteiger partial charge in [-0.2, -0.15) is 5.26 Å². The molecule has 84 valence electrons. The van der Waals surface area contributed by atoms with E-state index in [1.807, 2.05) is 26.0 Å². The Hall–Kier alpha value is -1.89. The quantitative estimate of drug-likeness (QED) is 0.844. The normalized spacial score (nSPS) is 13.6. The third-order valence-corrected chi connectivity index (χ3v) is 2.61. The lowest BCUT2D eigenvalue weighted by Crippen LogP contribution is -2.31. The van der Waals surface area contributed by atoms with Gasteiger partial charge in [-0.1, -0.05) is 13.0 Å². The number of amides is 1. The molecule has 1 aromatic rings. The van der Waals surface area contributed by atoms with Gasteiger partial charge in [0.15, 0.2) is 0 Å². The second-order valence-electron chi connectivity index (χ2n) is 3.97. The van der Waals surface area contributed by atoms with Crippen molar-refractivity contribution in [1.29, 1.82) is 5.26 Å². The predicted molar refractivity (Wildman–Crippen MR) is 61.6 cm³/mol. The summed E-state index contributed by atoms with van der Waals surface area (Å²) in [5.41, 5.74) is 0.0311. The minimum Gasteiger partial charge on any atom is -0.309 e. The first kappa shape index (κ1) is 12.2. The van der Waals surface area contributed by atoms with Crippen LogP contribution in [0.4, 0.5) is 5.82 Å². The Kier molecular flexibility index (Phi) is 3.62. The van der Waals surface area contributed by atoms with Gasteiger partial charge in [-0.05, 0) is 31.9 Å². The number of rotatable bonds is 3. The molecule has 0 aliphatic heterocycles. The average Bonchev–Trinajstić information content (AvgIpc) is 2.31. The van der Waals surface area contributed by atoms with Gasteiger partial charge >= 0.3 is 0 Å². The second-order valence-corrected chi connectivity index (χ2v) is 3.97. The number of pyridine rings is 1. The summed E-state index contributed by atoms with van der Waals surface area (Å²) in [5, 5.41) is 11.6. The Labute approximate surface area is 95.3 Å². The number of hydrogen-bond donors (Lipinski definition) is 1. The summed E-state index contributed by atoms with van der Waals surface area (Å²) < 4.78 is 0. The molecule has 0 aliphatic rings. The van der Waals surface area contributed by atoms with Crippen LogP contribution in [-0.2, 0) is 4.79 Å². The van der Waals surface area contributed by atoms with Crippen LogP contribution in [0, 0.1) is 23.7 Å². The van der Waals surface area contributed by atoms with Crippen LogP contribution < -0.4 is 5.32 Å². The molecule has 4 nitrogen and oxygen atoms in total. The molecule has 1 N–H and O–H groups in total. The molecule has 1 amide bonds. The Morgan fingerprint density at radius 1 is 1.62 bits per heavy atom. The van der Waals surface area contributed by atoms with E-state index in [0.29, 0.717) is 12.2 Å². The van der Waals surface area contributed by atoms with Crippen molar-refractivity contribution < 1.29 is 4.79 Å². The minimum atomic E-state index is -0.993. The molecule has 0 radical (unpaired) electrons. The monoisotopic (exact) mass is 217 g/mol. The van der Waals surface area contributed by atoms with Crippen LogP contribution in [0.15, 0.2) is 18.3 Å². The van der Waals surface area contributed by atoms with Gasteiger partial charge in [-0.3, -0.25) is 4.79 Å². The van der Waals surface area contributed by atoms with Crippen molar-refractivity contribution in [1.82, 2.24) is 4.98 Å². The Balaban J connectivity index is 2.79. The fourth-order valence-corrected chi connectivity index (χ4v) is 1.09. The Morgan fingerprint density at radius 2 is 2.31 bits per heavy atom. The number of aromatic nitrogens is 1. The van der Waals surface area contributed by atoms with Crippen LogP contribution >= 0.6 is 0 Å². The molecular formula is C12H15N3O. The van der Waals surface area contributed by atoms with E-state index in [1.54, 1.807) is 19.2 Å². The molecule has 16 heavy (non-hydrogen) atoms. The lowest BCUT2D eigenvalue weighted by molar-refractivity contribution is -0.122. The third-order valence-electron chi connectivity index (χ3n) is 2.61. The van der Waals surface area contributed by atoms with Gasteiger partial charge < -0.3 is 5.32 Å². The Bertz CT molecular complexity index is 419. The first-order valence-electron chi connectivity index (χ1n) is 5.17. The van der Waals surface area contributed by atoms with Crippen LogP contribution in [0.1, 0.15) is 25.8 Å². The highest BCUT2D eigenvalue weighted by molar-refractivity contribution is 5.96. The van der Waals surface area contributed by atoms with Crippen LogP contribution in [0.3, 0.4) is 0 Å². The van der Waals surface area contributed by atoms with Crippen molar-refractivity contribution in [3.05, 3.63) is 23.9 Å². The molecular weight excluding hydrogens is 202 g/mol. The van der Waals surface area contributed by atoms with Crippen LogP contribution in [0.5, 0.6) is 0 Å². The summed E-state index contributed by atoms with van der Waals surface area (Å²) in [4.78, 5) is 15.9. The number of hydrogen-bond acceptors (Lipinski definition) is 3. The van der Waals surface area contributed by atoms with Gasteiger partial charge in [0.2, 0.25) is 5.91 Å². The molecule has 0 bridgehead atoms. The zero-order valence-electron chi connectivity index (χ0n) is 9.74. The second kappa shape index (κ2) is 4.75. The SMILES string of the molecule is CCC(C)(C#N)C(=O)Nc1ccc(C)cn1. The van der Waals surface area contributed by atoms with E-state index < -0.39 is 5.41 Å². The highest BCUT2D eigenvalue weighted by Crippen LogP contribution is 2.21. The van der Waals surface area contributed by atoms with Gasteiger partial charge in [0.1, 0.15) is 11.2 Å². The van der Waals surface area contributed by atoms with Crippen molar-refractivity contribution in [2.24, 2.45) is 5.41 Å². The van der Waals surface area contributed by atoms with Crippen molar-refractivity contribution >= 4 is 11.7 Å². The van der Waals surface area contributed by atoms with Gasteiger partial charge in [0.25, 0.3) is 0 Å². The van der Waals surface area contributed by atoms with E-state index in [9.17, 15) is 4.79 Å². The van der Waals surface area contributed by atoms with Crippen LogP contribution in [0.2, 0.25) is 0 Å². The molecule has 0 fully saturated rings. The molecule has 0 aliphatic carbocycles. The summed E-state index contributed by atoms with van der Waals surface area (Å²) in [6.07, 6.45) is 2.15. The summed E-state index contributed by atoms with van der Waals surface area (Å²) in [7, 11) is 0. The highest BCUT2D eigenvalue weighted by Gasteiger charge is 2.31. The van der Waals surface area contributed by atoms with Gasteiger partial charge in [0, 0.05) is 6.20 Å². The molecule has 0 aromatic carbocycles. The molecule has 1 unspecified atom stereocenters. The fraction of sp³-hybridized carbons (Fsp3) is 0.417. The van der Waals surface area contributed by atoms with E-state index in [0.717, 1.165) is 5.56 Å². The van der Waals surface area contributed by atoms with Gasteiger partial charge in [0.05, 0.1) is 6.07 Å². The van der Waals surface area contributed by atoms with Crippen molar-refractivity contribution in [2.75, 3.05) is 5.32 Å². The van der Waals surface area contributed by atoms with Crippen molar-refractivity contribution in [3.8, 4) is 6.07 Å². The third kappa shape index (κ3) is 2.57. The number of carbonyl (C=O) groups is 1. The maximum Gasteiger partial charge on any atom is 0.245 e. The van der Waals surface area contributed by atoms with E-state index >= 15 is 0 Å². The molecule has 1 heterocycles. The number of aryl methyl sites for hydroxylation is 1. The van der Waals surface area contributed by atoms with Gasteiger partial charge in [-0.15, -0.1) is 0 Å². The molecule has 1 aromatic heterocycles. The van der Waals surface area contributed by atoms with E-state index in [4.69, 9.17) is 5.26 Å². The molecule has 1 rings (SSSR count).